The lowest BCUT2D eigenvalue weighted by Gasteiger charge is -2.18. The van der Waals surface area contributed by atoms with Gasteiger partial charge in [-0.25, -0.2) is 4.57 Å². The zero-order valence-corrected chi connectivity index (χ0v) is 27.6. The number of carbonyl (C=O) groups is 2. The van der Waals surface area contributed by atoms with E-state index in [-0.39, 0.29) is 19.4 Å². The summed E-state index contributed by atoms with van der Waals surface area (Å²) >= 11 is 0. The molecule has 0 saturated carbocycles. The summed E-state index contributed by atoms with van der Waals surface area (Å²) in [6.07, 6.45) is 27.6. The number of aliphatic hydroxyl groups is 1. The fourth-order valence-electron chi connectivity index (χ4n) is 4.32. The molecule has 9 nitrogen and oxygen atoms in total. The van der Waals surface area contributed by atoms with Crippen molar-refractivity contribution in [3.05, 3.63) is 36.5 Å². The first-order chi connectivity index (χ1) is 20.7. The molecular formula is C33H59O9P. The van der Waals surface area contributed by atoms with Crippen LogP contribution in [0.15, 0.2) is 36.5 Å². The van der Waals surface area contributed by atoms with Gasteiger partial charge in [0.1, 0.15) is 6.61 Å². The second-order valence-corrected chi connectivity index (χ2v) is 12.2. The largest absolute Gasteiger partial charge is 0.469 e. The smallest absolute Gasteiger partial charge is 0.462 e. The average molecular weight is 631 g/mol. The quantitative estimate of drug-likeness (QED) is 0.0246. The number of phosphoric ester groups is 1. The molecule has 3 N–H and O–H groups in total. The van der Waals surface area contributed by atoms with Gasteiger partial charge in [0.05, 0.1) is 12.7 Å². The minimum atomic E-state index is -4.77. The maximum Gasteiger partial charge on any atom is 0.469 e. The SMILES string of the molecule is CC/C=C/C/C=C/C=C/C(O)CCCCCCCC(=O)O[C@H](COC(=O)CCCCCCCCCCC)COP(=O)(O)O. The van der Waals surface area contributed by atoms with E-state index in [1.807, 2.05) is 18.2 Å². The van der Waals surface area contributed by atoms with Crippen LogP contribution in [-0.2, 0) is 28.2 Å². The third kappa shape index (κ3) is 31.5. The maximum absolute atomic E-state index is 12.3. The Balaban J connectivity index is 4.14. The number of aliphatic hydroxyl groups excluding tert-OH is 1. The molecule has 43 heavy (non-hydrogen) atoms. The molecular weight excluding hydrogens is 571 g/mol. The van der Waals surface area contributed by atoms with Gasteiger partial charge in [-0.2, -0.15) is 0 Å². The Bertz CT molecular complexity index is 819. The predicted molar refractivity (Wildman–Crippen MR) is 171 cm³/mol. The Labute approximate surface area is 260 Å². The number of hydrogen-bond donors (Lipinski definition) is 3. The van der Waals surface area contributed by atoms with E-state index in [2.05, 4.69) is 30.5 Å². The van der Waals surface area contributed by atoms with Crippen molar-refractivity contribution >= 4 is 19.8 Å². The number of ether oxygens (including phenoxy) is 2. The van der Waals surface area contributed by atoms with Gasteiger partial charge in [0.2, 0.25) is 0 Å². The lowest BCUT2D eigenvalue weighted by molar-refractivity contribution is -0.161. The second kappa shape index (κ2) is 29.0. The zero-order chi connectivity index (χ0) is 32.0. The first-order valence-electron chi connectivity index (χ1n) is 16.4. The monoisotopic (exact) mass is 630 g/mol. The van der Waals surface area contributed by atoms with Gasteiger partial charge >= 0.3 is 19.8 Å². The summed E-state index contributed by atoms with van der Waals surface area (Å²) in [7, 11) is -4.77. The van der Waals surface area contributed by atoms with Crippen molar-refractivity contribution in [3.63, 3.8) is 0 Å². The molecule has 0 rings (SSSR count). The fourth-order valence-corrected chi connectivity index (χ4v) is 4.68. The van der Waals surface area contributed by atoms with E-state index in [9.17, 15) is 19.3 Å². The molecule has 250 valence electrons. The van der Waals surface area contributed by atoms with Crippen LogP contribution in [0.4, 0.5) is 0 Å². The molecule has 0 amide bonds. The van der Waals surface area contributed by atoms with Crippen LogP contribution in [0.2, 0.25) is 0 Å². The molecule has 0 aliphatic heterocycles. The molecule has 0 fully saturated rings. The Morgan fingerprint density at radius 2 is 1.30 bits per heavy atom. The number of carbonyl (C=O) groups excluding carboxylic acids is 2. The summed E-state index contributed by atoms with van der Waals surface area (Å²) in [6.45, 7) is 3.41. The Morgan fingerprint density at radius 3 is 1.91 bits per heavy atom. The molecule has 0 aromatic carbocycles. The maximum atomic E-state index is 12.3. The van der Waals surface area contributed by atoms with E-state index >= 15 is 0 Å². The van der Waals surface area contributed by atoms with Gasteiger partial charge in [0.25, 0.3) is 0 Å². The van der Waals surface area contributed by atoms with Gasteiger partial charge in [-0.1, -0.05) is 127 Å². The van der Waals surface area contributed by atoms with Crippen LogP contribution in [0, 0.1) is 0 Å². The Kier molecular flexibility index (Phi) is 27.8. The molecule has 0 radical (unpaired) electrons. The zero-order valence-electron chi connectivity index (χ0n) is 26.7. The Hall–Kier alpha value is -1.77. The van der Waals surface area contributed by atoms with Crippen molar-refractivity contribution in [2.24, 2.45) is 0 Å². The van der Waals surface area contributed by atoms with E-state index in [1.165, 1.54) is 32.1 Å². The molecule has 0 heterocycles. The third-order valence-electron chi connectivity index (χ3n) is 6.78. The van der Waals surface area contributed by atoms with Crippen LogP contribution >= 0.6 is 7.82 Å². The molecule has 0 aromatic heterocycles. The lowest BCUT2D eigenvalue weighted by Crippen LogP contribution is -2.29. The minimum Gasteiger partial charge on any atom is -0.462 e. The summed E-state index contributed by atoms with van der Waals surface area (Å²) in [5.74, 6) is -0.967. The van der Waals surface area contributed by atoms with Crippen molar-refractivity contribution in [1.29, 1.82) is 0 Å². The van der Waals surface area contributed by atoms with Crippen LogP contribution in [0.3, 0.4) is 0 Å². The molecule has 0 spiro atoms. The van der Waals surface area contributed by atoms with Gasteiger partial charge in [-0.3, -0.25) is 14.1 Å². The topological polar surface area (TPSA) is 140 Å². The van der Waals surface area contributed by atoms with Gasteiger partial charge in [-0.15, -0.1) is 0 Å². The van der Waals surface area contributed by atoms with Gasteiger partial charge < -0.3 is 24.4 Å². The first-order valence-corrected chi connectivity index (χ1v) is 17.9. The van der Waals surface area contributed by atoms with Crippen LogP contribution in [0.1, 0.15) is 136 Å². The van der Waals surface area contributed by atoms with Crippen LogP contribution in [0.5, 0.6) is 0 Å². The third-order valence-corrected chi connectivity index (χ3v) is 7.26. The highest BCUT2D eigenvalue weighted by Gasteiger charge is 2.22. The van der Waals surface area contributed by atoms with Gasteiger partial charge in [0, 0.05) is 12.8 Å². The Morgan fingerprint density at radius 1 is 0.721 bits per heavy atom. The molecule has 2 atom stereocenters. The number of rotatable bonds is 29. The molecule has 0 saturated heterocycles. The van der Waals surface area contributed by atoms with E-state index in [0.29, 0.717) is 19.3 Å². The van der Waals surface area contributed by atoms with E-state index in [0.717, 1.165) is 57.8 Å². The summed E-state index contributed by atoms with van der Waals surface area (Å²) in [4.78, 5) is 42.4. The molecule has 0 aromatic rings. The van der Waals surface area contributed by atoms with E-state index in [4.69, 9.17) is 19.3 Å². The number of hydrogen-bond acceptors (Lipinski definition) is 7. The van der Waals surface area contributed by atoms with Crippen LogP contribution in [-0.4, -0.2) is 52.3 Å². The number of phosphoric acid groups is 1. The van der Waals surface area contributed by atoms with Crippen molar-refractivity contribution in [2.75, 3.05) is 13.2 Å². The fraction of sp³-hybridized carbons (Fsp3) is 0.758. The predicted octanol–water partition coefficient (Wildman–Crippen LogP) is 8.03. The molecule has 0 bridgehead atoms. The summed E-state index contributed by atoms with van der Waals surface area (Å²) in [6, 6.07) is 0. The molecule has 0 aliphatic carbocycles. The highest BCUT2D eigenvalue weighted by atomic mass is 31.2. The van der Waals surface area contributed by atoms with Crippen LogP contribution < -0.4 is 0 Å². The standard InChI is InChI=1S/C33H59O9P/c1-3-5-7-9-11-12-14-18-22-26-32(35)40-28-31(29-41-43(37,38)39)42-33(36)27-23-19-15-17-21-25-30(34)24-20-16-13-10-8-6-4-2/h6,8,13,16,20,24,30-31,34H,3-5,7,9-12,14-15,17-19,21-23,25-29H2,1-2H3,(H2,37,38,39)/b8-6+,16-13+,24-20+/t30?,31-/m1/s1. The average Bonchev–Trinajstić information content (AvgIpc) is 2.96. The summed E-state index contributed by atoms with van der Waals surface area (Å²) in [5.41, 5.74) is 0. The molecule has 10 heteroatoms. The number of unbranched alkanes of at least 4 members (excludes halogenated alkanes) is 12. The van der Waals surface area contributed by atoms with Gasteiger partial charge in [0.15, 0.2) is 6.10 Å². The molecule has 0 aliphatic rings. The lowest BCUT2D eigenvalue weighted by atomic mass is 10.1. The van der Waals surface area contributed by atoms with Crippen molar-refractivity contribution in [2.45, 2.75) is 148 Å². The first kappa shape index (κ1) is 41.2. The van der Waals surface area contributed by atoms with E-state index < -0.39 is 38.6 Å². The normalized spacial score (nSPS) is 13.7. The van der Waals surface area contributed by atoms with Crippen molar-refractivity contribution in [3.8, 4) is 0 Å². The highest BCUT2D eigenvalue weighted by molar-refractivity contribution is 7.46. The van der Waals surface area contributed by atoms with Crippen molar-refractivity contribution < 1.29 is 43.0 Å². The summed E-state index contributed by atoms with van der Waals surface area (Å²) in [5, 5.41) is 10.0. The van der Waals surface area contributed by atoms with Crippen LogP contribution in [0.25, 0.3) is 0 Å². The number of allylic oxidation sites excluding steroid dienone is 5. The highest BCUT2D eigenvalue weighted by Crippen LogP contribution is 2.35. The second-order valence-electron chi connectivity index (χ2n) is 11.0. The minimum absolute atomic E-state index is 0.143. The van der Waals surface area contributed by atoms with Crippen molar-refractivity contribution in [1.82, 2.24) is 0 Å². The van der Waals surface area contributed by atoms with E-state index in [1.54, 1.807) is 6.08 Å². The molecule has 1 unspecified atom stereocenters. The number of esters is 2. The van der Waals surface area contributed by atoms with Gasteiger partial charge in [-0.05, 0) is 32.1 Å². The summed E-state index contributed by atoms with van der Waals surface area (Å²) < 4.78 is 26.1.